The van der Waals surface area contributed by atoms with Crippen molar-refractivity contribution in [3.05, 3.63) is 59.2 Å². The van der Waals surface area contributed by atoms with Gasteiger partial charge in [-0.1, -0.05) is 0 Å². The Hall–Kier alpha value is -3.68. The zero-order valence-corrected chi connectivity index (χ0v) is 18.1. The molecule has 0 aromatic heterocycles. The van der Waals surface area contributed by atoms with E-state index < -0.39 is 18.0 Å². The molecule has 2 N–H and O–H groups in total. The van der Waals surface area contributed by atoms with E-state index in [1.807, 2.05) is 0 Å². The molecule has 0 spiro atoms. The van der Waals surface area contributed by atoms with Gasteiger partial charge in [0.15, 0.2) is 0 Å². The van der Waals surface area contributed by atoms with E-state index in [1.165, 1.54) is 7.11 Å². The summed E-state index contributed by atoms with van der Waals surface area (Å²) in [7, 11) is 4.63. The van der Waals surface area contributed by atoms with E-state index >= 15 is 0 Å². The number of esters is 1. The van der Waals surface area contributed by atoms with Gasteiger partial charge in [0, 0.05) is 11.6 Å². The van der Waals surface area contributed by atoms with Gasteiger partial charge in [-0.15, -0.1) is 0 Å². The van der Waals surface area contributed by atoms with Crippen LogP contribution in [0.4, 0.5) is 4.79 Å². The highest BCUT2D eigenvalue weighted by atomic mass is 16.5. The summed E-state index contributed by atoms with van der Waals surface area (Å²) in [5.74, 6) is 1.17. The Morgan fingerprint density at radius 3 is 2.16 bits per heavy atom. The van der Waals surface area contributed by atoms with E-state index in [9.17, 15) is 9.59 Å². The van der Waals surface area contributed by atoms with Crippen LogP contribution in [0.2, 0.25) is 0 Å². The van der Waals surface area contributed by atoms with Crippen LogP contribution in [-0.2, 0) is 9.53 Å². The summed E-state index contributed by atoms with van der Waals surface area (Å²) in [5, 5.41) is 5.57. The van der Waals surface area contributed by atoms with Gasteiger partial charge in [0.05, 0.1) is 44.7 Å². The van der Waals surface area contributed by atoms with Crippen LogP contribution in [0.5, 0.6) is 17.2 Å². The second-order valence-electron chi connectivity index (χ2n) is 7.11. The molecular formula is C23H26N2O6. The topological polar surface area (TPSA) is 95.1 Å². The van der Waals surface area contributed by atoms with Crippen molar-refractivity contribution in [3.63, 3.8) is 0 Å². The number of carbonyl (C=O) groups excluding carboxylic acids is 2. The van der Waals surface area contributed by atoms with Crippen LogP contribution in [0.25, 0.3) is 5.70 Å². The lowest BCUT2D eigenvalue weighted by molar-refractivity contribution is -0.143. The van der Waals surface area contributed by atoms with Gasteiger partial charge in [-0.05, 0) is 55.8 Å². The van der Waals surface area contributed by atoms with Crippen molar-refractivity contribution in [2.24, 2.45) is 0 Å². The molecule has 164 valence electrons. The van der Waals surface area contributed by atoms with E-state index in [0.717, 1.165) is 0 Å². The predicted octanol–water partition coefficient (Wildman–Crippen LogP) is 3.43. The van der Waals surface area contributed by atoms with Crippen molar-refractivity contribution >= 4 is 17.7 Å². The first kappa shape index (κ1) is 22.0. The smallest absolute Gasteiger partial charge is 0.338 e. The van der Waals surface area contributed by atoms with Crippen molar-refractivity contribution in [1.29, 1.82) is 0 Å². The molecular weight excluding hydrogens is 400 g/mol. The third kappa shape index (κ3) is 4.74. The van der Waals surface area contributed by atoms with Crippen LogP contribution in [0.3, 0.4) is 0 Å². The average molecular weight is 426 g/mol. The number of amides is 2. The van der Waals surface area contributed by atoms with Crippen LogP contribution in [-0.4, -0.2) is 39.4 Å². The van der Waals surface area contributed by atoms with Crippen molar-refractivity contribution in [1.82, 2.24) is 10.6 Å². The number of ether oxygens (including phenoxy) is 4. The zero-order valence-electron chi connectivity index (χ0n) is 18.1. The van der Waals surface area contributed by atoms with E-state index in [2.05, 4.69) is 10.6 Å². The minimum Gasteiger partial charge on any atom is -0.497 e. The molecule has 1 heterocycles. The number of urea groups is 1. The van der Waals surface area contributed by atoms with Crippen LogP contribution in [0.15, 0.2) is 48.0 Å². The van der Waals surface area contributed by atoms with Crippen molar-refractivity contribution in [2.75, 3.05) is 21.3 Å². The minimum absolute atomic E-state index is 0.266. The van der Waals surface area contributed by atoms with E-state index in [0.29, 0.717) is 34.1 Å². The third-order valence-electron chi connectivity index (χ3n) is 4.76. The number of nitrogens with one attached hydrogen (secondary N) is 2. The van der Waals surface area contributed by atoms with Crippen LogP contribution >= 0.6 is 0 Å². The summed E-state index contributed by atoms with van der Waals surface area (Å²) in [6, 6.07) is 11.0. The largest absolute Gasteiger partial charge is 0.497 e. The fourth-order valence-corrected chi connectivity index (χ4v) is 3.34. The summed E-state index contributed by atoms with van der Waals surface area (Å²) in [6.07, 6.45) is -0.340. The minimum atomic E-state index is -0.794. The Bertz CT molecular complexity index is 998. The molecule has 8 nitrogen and oxygen atoms in total. The lowest BCUT2D eigenvalue weighted by Crippen LogP contribution is -2.45. The lowest BCUT2D eigenvalue weighted by Gasteiger charge is -2.31. The van der Waals surface area contributed by atoms with Gasteiger partial charge in [0.2, 0.25) is 0 Å². The van der Waals surface area contributed by atoms with Gasteiger partial charge < -0.3 is 29.6 Å². The van der Waals surface area contributed by atoms with Gasteiger partial charge in [0.25, 0.3) is 0 Å². The molecule has 1 unspecified atom stereocenters. The Labute approximate surface area is 181 Å². The second kappa shape index (κ2) is 9.42. The van der Waals surface area contributed by atoms with Gasteiger partial charge in [-0.2, -0.15) is 0 Å². The van der Waals surface area contributed by atoms with Gasteiger partial charge in [0.1, 0.15) is 17.2 Å². The van der Waals surface area contributed by atoms with E-state index in [1.54, 1.807) is 70.5 Å². The number of carbonyl (C=O) groups is 2. The Balaban J connectivity index is 2.20. The molecule has 2 amide bonds. The van der Waals surface area contributed by atoms with Crippen molar-refractivity contribution in [3.8, 4) is 17.2 Å². The first-order valence-electron chi connectivity index (χ1n) is 9.77. The number of hydrogen-bond acceptors (Lipinski definition) is 6. The quantitative estimate of drug-likeness (QED) is 0.659. The molecule has 3 rings (SSSR count). The molecule has 8 heteroatoms. The highest BCUT2D eigenvalue weighted by Gasteiger charge is 2.36. The van der Waals surface area contributed by atoms with Crippen LogP contribution in [0, 0.1) is 0 Å². The Morgan fingerprint density at radius 1 is 0.935 bits per heavy atom. The normalized spacial score (nSPS) is 15.8. The zero-order chi connectivity index (χ0) is 22.5. The van der Waals surface area contributed by atoms with Gasteiger partial charge in [-0.25, -0.2) is 9.59 Å². The molecule has 0 saturated heterocycles. The highest BCUT2D eigenvalue weighted by Crippen LogP contribution is 2.38. The summed E-state index contributed by atoms with van der Waals surface area (Å²) in [5.41, 5.74) is 1.87. The highest BCUT2D eigenvalue weighted by molar-refractivity contribution is 6.04. The molecule has 31 heavy (non-hydrogen) atoms. The maximum atomic E-state index is 13.2. The van der Waals surface area contributed by atoms with E-state index in [-0.39, 0.29) is 11.7 Å². The molecule has 1 atom stereocenters. The maximum absolute atomic E-state index is 13.2. The molecule has 0 radical (unpaired) electrons. The Kier molecular flexibility index (Phi) is 6.69. The third-order valence-corrected chi connectivity index (χ3v) is 4.76. The molecule has 1 aliphatic heterocycles. The van der Waals surface area contributed by atoms with Crippen LogP contribution < -0.4 is 24.8 Å². The maximum Gasteiger partial charge on any atom is 0.338 e. The Morgan fingerprint density at radius 2 is 1.58 bits per heavy atom. The predicted molar refractivity (Wildman–Crippen MR) is 115 cm³/mol. The fourth-order valence-electron chi connectivity index (χ4n) is 3.34. The summed E-state index contributed by atoms with van der Waals surface area (Å²) < 4.78 is 21.5. The summed E-state index contributed by atoms with van der Waals surface area (Å²) >= 11 is 0. The average Bonchev–Trinajstić information content (AvgIpc) is 2.77. The first-order chi connectivity index (χ1) is 14.9. The van der Waals surface area contributed by atoms with Crippen molar-refractivity contribution in [2.45, 2.75) is 26.0 Å². The molecule has 0 fully saturated rings. The first-order valence-corrected chi connectivity index (χ1v) is 9.77. The molecule has 2 aromatic carbocycles. The second-order valence-corrected chi connectivity index (χ2v) is 7.11. The number of benzene rings is 2. The standard InChI is InChI=1S/C23H26N2O6/c1-13(2)31-22(26)19-20(14-6-8-15(28-3)9-7-14)24-23(27)25-21(19)17-11-10-16(29-4)12-18(17)30-5/h6-13,21H,1-5H3,(H2,24,25,27). The number of hydrogen-bond donors (Lipinski definition) is 2. The lowest BCUT2D eigenvalue weighted by atomic mass is 9.92. The van der Waals surface area contributed by atoms with Gasteiger partial charge >= 0.3 is 12.0 Å². The molecule has 2 aromatic rings. The molecule has 0 bridgehead atoms. The van der Waals surface area contributed by atoms with Crippen molar-refractivity contribution < 1.29 is 28.5 Å². The fraction of sp³-hybridized carbons (Fsp3) is 0.304. The SMILES string of the molecule is COc1ccc(C2=C(C(=O)OC(C)C)C(c3ccc(OC)cc3OC)NC(=O)N2)cc1. The van der Waals surface area contributed by atoms with E-state index in [4.69, 9.17) is 18.9 Å². The number of methoxy groups -OCH3 is 3. The molecule has 0 saturated carbocycles. The molecule has 0 aliphatic carbocycles. The molecule has 1 aliphatic rings. The summed E-state index contributed by atoms with van der Waals surface area (Å²) in [4.78, 5) is 25.7. The van der Waals surface area contributed by atoms with Crippen LogP contribution in [0.1, 0.15) is 31.0 Å². The summed E-state index contributed by atoms with van der Waals surface area (Å²) in [6.45, 7) is 3.53. The number of rotatable bonds is 7. The monoisotopic (exact) mass is 426 g/mol. The van der Waals surface area contributed by atoms with Gasteiger partial charge in [-0.3, -0.25) is 0 Å².